The Balaban J connectivity index is 2.30. The molecule has 1 aromatic carbocycles. The van der Waals surface area contributed by atoms with Crippen LogP contribution in [-0.4, -0.2) is 82.2 Å². The molecule has 1 heterocycles. The Morgan fingerprint density at radius 3 is 2.40 bits per heavy atom. The van der Waals surface area contributed by atoms with E-state index in [4.69, 9.17) is 4.74 Å². The molecule has 0 saturated carbocycles. The number of likely N-dealkylation sites (N-methyl/N-ethyl adjacent to an activating group) is 1. The quantitative estimate of drug-likeness (QED) is 0.499. The molecule has 2 amide bonds. The van der Waals surface area contributed by atoms with Gasteiger partial charge in [0.15, 0.2) is 0 Å². The van der Waals surface area contributed by atoms with Crippen LogP contribution in [0.1, 0.15) is 52.2 Å². The first kappa shape index (κ1) is 29.0. The van der Waals surface area contributed by atoms with Crippen LogP contribution < -0.4 is 5.32 Å². The van der Waals surface area contributed by atoms with E-state index in [-0.39, 0.29) is 17.9 Å². The summed E-state index contributed by atoms with van der Waals surface area (Å²) >= 11 is 1.56. The highest BCUT2D eigenvalue weighted by Gasteiger charge is 2.38. The number of carbonyl (C=O) groups is 3. The molecule has 3 atom stereocenters. The molecular weight excluding hydrogens is 466 g/mol. The second-order valence-electron chi connectivity index (χ2n) is 10.5. The smallest absolute Gasteiger partial charge is 0.407 e. The second-order valence-corrected chi connectivity index (χ2v) is 11.5. The third-order valence-corrected chi connectivity index (χ3v) is 6.91. The topological polar surface area (TPSA) is 99.2 Å². The summed E-state index contributed by atoms with van der Waals surface area (Å²) in [6.07, 6.45) is 2.31. The number of aliphatic carboxylic acids is 1. The van der Waals surface area contributed by atoms with E-state index in [1.807, 2.05) is 59.1 Å². The molecule has 0 fully saturated rings. The Morgan fingerprint density at radius 1 is 1.23 bits per heavy atom. The maximum absolute atomic E-state index is 13.7. The highest BCUT2D eigenvalue weighted by molar-refractivity contribution is 7.98. The van der Waals surface area contributed by atoms with Gasteiger partial charge in [-0.15, -0.1) is 0 Å². The molecule has 9 heteroatoms. The maximum Gasteiger partial charge on any atom is 0.407 e. The van der Waals surface area contributed by atoms with Crippen molar-refractivity contribution < 1.29 is 24.2 Å². The highest BCUT2D eigenvalue weighted by atomic mass is 32.2. The molecule has 0 aromatic heterocycles. The molecule has 0 radical (unpaired) electrons. The predicted octanol–water partition coefficient (Wildman–Crippen LogP) is 3.63. The van der Waals surface area contributed by atoms with E-state index in [0.29, 0.717) is 31.7 Å². The van der Waals surface area contributed by atoms with Gasteiger partial charge in [-0.1, -0.05) is 38.1 Å². The Labute approximate surface area is 213 Å². The fourth-order valence-corrected chi connectivity index (χ4v) is 4.71. The van der Waals surface area contributed by atoms with Crippen LogP contribution in [0, 0.1) is 5.92 Å². The van der Waals surface area contributed by atoms with Crippen molar-refractivity contribution in [2.24, 2.45) is 5.92 Å². The number of fused-ring (bicyclic) bond motifs is 1. The summed E-state index contributed by atoms with van der Waals surface area (Å²) in [5, 5.41) is 12.8. The van der Waals surface area contributed by atoms with Gasteiger partial charge < -0.3 is 20.1 Å². The summed E-state index contributed by atoms with van der Waals surface area (Å²) in [5.74, 6) is -0.459. The second kappa shape index (κ2) is 12.6. The third-order valence-electron chi connectivity index (χ3n) is 6.26. The predicted molar refractivity (Wildman–Crippen MR) is 140 cm³/mol. The lowest BCUT2D eigenvalue weighted by Crippen LogP contribution is -2.58. The SMILES string of the molecule is CSCC[C@@H](C(=O)O)N(C)C(=O)C1Cc2ccccc2CN1CC(NC(=O)OC(C)(C)C)C(C)C. The van der Waals surface area contributed by atoms with Crippen LogP contribution in [0.15, 0.2) is 24.3 Å². The molecule has 0 spiro atoms. The van der Waals surface area contributed by atoms with Gasteiger partial charge in [0.1, 0.15) is 11.6 Å². The maximum atomic E-state index is 13.7. The van der Waals surface area contributed by atoms with Gasteiger partial charge in [-0.25, -0.2) is 9.59 Å². The van der Waals surface area contributed by atoms with E-state index in [9.17, 15) is 19.5 Å². The molecule has 1 aliphatic rings. The van der Waals surface area contributed by atoms with E-state index in [1.54, 1.807) is 18.8 Å². The average Bonchev–Trinajstić information content (AvgIpc) is 2.76. The summed E-state index contributed by atoms with van der Waals surface area (Å²) < 4.78 is 5.46. The number of nitrogens with one attached hydrogen (secondary N) is 1. The van der Waals surface area contributed by atoms with Crippen molar-refractivity contribution in [2.45, 2.75) is 77.7 Å². The van der Waals surface area contributed by atoms with Crippen molar-refractivity contribution >= 4 is 29.7 Å². The molecule has 1 aliphatic heterocycles. The van der Waals surface area contributed by atoms with Gasteiger partial charge in [0, 0.05) is 26.2 Å². The molecule has 2 unspecified atom stereocenters. The lowest BCUT2D eigenvalue weighted by atomic mass is 9.91. The zero-order valence-electron chi connectivity index (χ0n) is 22.0. The van der Waals surface area contributed by atoms with Crippen LogP contribution >= 0.6 is 11.8 Å². The van der Waals surface area contributed by atoms with Gasteiger partial charge >= 0.3 is 12.1 Å². The Bertz CT molecular complexity index is 886. The molecule has 1 aromatic rings. The summed E-state index contributed by atoms with van der Waals surface area (Å²) in [7, 11) is 1.58. The molecule has 0 aliphatic carbocycles. The molecule has 2 N–H and O–H groups in total. The summed E-state index contributed by atoms with van der Waals surface area (Å²) in [5.41, 5.74) is 1.61. The number of benzene rings is 1. The first-order chi connectivity index (χ1) is 16.3. The van der Waals surface area contributed by atoms with Crippen molar-refractivity contribution in [3.8, 4) is 0 Å². The standard InChI is InChI=1S/C26H41N3O5S/c1-17(2)20(27-25(33)34-26(3,4)5)16-29-15-19-11-9-8-10-18(19)14-22(29)23(30)28(6)21(24(31)32)12-13-35-7/h8-11,17,20-22H,12-16H2,1-7H3,(H,27,33)(H,31,32)/t20?,21-,22?/m0/s1. The fourth-order valence-electron chi connectivity index (χ4n) is 4.25. The molecule has 196 valence electrons. The van der Waals surface area contributed by atoms with Crippen LogP contribution in [0.25, 0.3) is 0 Å². The molecule has 35 heavy (non-hydrogen) atoms. The minimum absolute atomic E-state index is 0.0986. The summed E-state index contributed by atoms with van der Waals surface area (Å²) in [6, 6.07) is 6.36. The first-order valence-electron chi connectivity index (χ1n) is 12.1. The Kier molecular flexibility index (Phi) is 10.5. The average molecular weight is 508 g/mol. The van der Waals surface area contributed by atoms with Crippen LogP contribution in [0.3, 0.4) is 0 Å². The number of thioether (sulfide) groups is 1. The zero-order valence-corrected chi connectivity index (χ0v) is 22.9. The number of carboxylic acids is 1. The number of hydrogen-bond donors (Lipinski definition) is 2. The Morgan fingerprint density at radius 2 is 1.86 bits per heavy atom. The minimum Gasteiger partial charge on any atom is -0.480 e. The van der Waals surface area contributed by atoms with E-state index in [1.165, 1.54) is 4.90 Å². The lowest BCUT2D eigenvalue weighted by Gasteiger charge is -2.41. The van der Waals surface area contributed by atoms with Gasteiger partial charge in [0.2, 0.25) is 5.91 Å². The highest BCUT2D eigenvalue weighted by Crippen LogP contribution is 2.26. The van der Waals surface area contributed by atoms with E-state index < -0.39 is 29.7 Å². The van der Waals surface area contributed by atoms with Crippen LogP contribution in [0.5, 0.6) is 0 Å². The third kappa shape index (κ3) is 8.42. The molecular formula is C26H41N3O5S. The van der Waals surface area contributed by atoms with Gasteiger partial charge in [-0.2, -0.15) is 11.8 Å². The molecule has 8 nitrogen and oxygen atoms in total. The van der Waals surface area contributed by atoms with Crippen molar-refractivity contribution in [3.63, 3.8) is 0 Å². The number of ether oxygens (including phenoxy) is 1. The largest absolute Gasteiger partial charge is 0.480 e. The number of carbonyl (C=O) groups excluding carboxylic acids is 2. The zero-order chi connectivity index (χ0) is 26.3. The van der Waals surface area contributed by atoms with E-state index in [0.717, 1.165) is 11.1 Å². The minimum atomic E-state index is -0.996. The van der Waals surface area contributed by atoms with Crippen LogP contribution in [0.4, 0.5) is 4.79 Å². The van der Waals surface area contributed by atoms with Crippen LogP contribution in [-0.2, 0) is 27.3 Å². The summed E-state index contributed by atoms with van der Waals surface area (Å²) in [4.78, 5) is 41.6. The lowest BCUT2D eigenvalue weighted by molar-refractivity contribution is -0.151. The van der Waals surface area contributed by atoms with Crippen molar-refractivity contribution in [1.82, 2.24) is 15.1 Å². The number of hydrogen-bond acceptors (Lipinski definition) is 6. The molecule has 0 bridgehead atoms. The molecule has 0 saturated heterocycles. The van der Waals surface area contributed by atoms with Gasteiger partial charge in [-0.3, -0.25) is 9.69 Å². The van der Waals surface area contributed by atoms with E-state index in [2.05, 4.69) is 16.3 Å². The van der Waals surface area contributed by atoms with Crippen LogP contribution in [0.2, 0.25) is 0 Å². The summed E-state index contributed by atoms with van der Waals surface area (Å²) in [6.45, 7) is 10.5. The number of rotatable bonds is 10. The van der Waals surface area contributed by atoms with E-state index >= 15 is 0 Å². The Hall–Kier alpha value is -2.26. The van der Waals surface area contributed by atoms with Gasteiger partial charge in [-0.05, 0) is 62.7 Å². The first-order valence-corrected chi connectivity index (χ1v) is 13.5. The van der Waals surface area contributed by atoms with Gasteiger partial charge in [0.05, 0.1) is 6.04 Å². The normalized spacial score (nSPS) is 17.9. The fraction of sp³-hybridized carbons (Fsp3) is 0.654. The monoisotopic (exact) mass is 507 g/mol. The van der Waals surface area contributed by atoms with Crippen molar-refractivity contribution in [3.05, 3.63) is 35.4 Å². The molecule has 2 rings (SSSR count). The van der Waals surface area contributed by atoms with Crippen molar-refractivity contribution in [1.29, 1.82) is 0 Å². The number of amides is 2. The van der Waals surface area contributed by atoms with Crippen molar-refractivity contribution in [2.75, 3.05) is 25.6 Å². The van der Waals surface area contributed by atoms with Gasteiger partial charge in [0.25, 0.3) is 0 Å². The number of alkyl carbamates (subject to hydrolysis) is 1. The number of nitrogens with zero attached hydrogens (tertiary/aromatic N) is 2. The number of carboxylic acid groups (broad SMARTS) is 1.